The number of hydrogen-bond acceptors (Lipinski definition) is 5. The summed E-state index contributed by atoms with van der Waals surface area (Å²) >= 11 is 6.31. The fourth-order valence-electron chi connectivity index (χ4n) is 4.20. The SMILES string of the molecule is C=C1C=C(N2CCCCC2)N=C2C([C@H](Nc3ccccc3C(=O)O)C(C)(F)F)=CC(Cl)=CN12. The fraction of sp³-hybridized carbons (Fsp3) is 0.333. The highest BCUT2D eigenvalue weighted by Gasteiger charge is 2.42. The second-order valence-electron chi connectivity index (χ2n) is 8.35. The summed E-state index contributed by atoms with van der Waals surface area (Å²) in [7, 11) is 0. The molecule has 1 saturated heterocycles. The Morgan fingerprint density at radius 1 is 1.24 bits per heavy atom. The lowest BCUT2D eigenvalue weighted by Crippen LogP contribution is -2.46. The van der Waals surface area contributed by atoms with Gasteiger partial charge in [0, 0.05) is 49.2 Å². The number of anilines is 1. The highest BCUT2D eigenvalue weighted by molar-refractivity contribution is 6.32. The van der Waals surface area contributed by atoms with Gasteiger partial charge in [0.2, 0.25) is 0 Å². The summed E-state index contributed by atoms with van der Waals surface area (Å²) in [4.78, 5) is 20.1. The van der Waals surface area contributed by atoms with Gasteiger partial charge in [-0.3, -0.25) is 0 Å². The van der Waals surface area contributed by atoms with Crippen LogP contribution >= 0.6 is 11.6 Å². The number of halogens is 3. The van der Waals surface area contributed by atoms with Crippen molar-refractivity contribution in [2.75, 3.05) is 18.4 Å². The Morgan fingerprint density at radius 3 is 2.61 bits per heavy atom. The largest absolute Gasteiger partial charge is 0.478 e. The number of alkyl halides is 2. The number of fused-ring (bicyclic) bond motifs is 1. The molecule has 0 saturated carbocycles. The van der Waals surface area contributed by atoms with Crippen molar-refractivity contribution in [3.05, 3.63) is 76.9 Å². The van der Waals surface area contributed by atoms with Gasteiger partial charge in [-0.1, -0.05) is 30.3 Å². The third-order valence-corrected chi connectivity index (χ3v) is 6.02. The summed E-state index contributed by atoms with van der Waals surface area (Å²) in [6.45, 7) is 6.54. The molecule has 0 aromatic heterocycles. The molecule has 3 aliphatic heterocycles. The van der Waals surface area contributed by atoms with E-state index in [4.69, 9.17) is 16.6 Å². The van der Waals surface area contributed by atoms with Gasteiger partial charge in [0.1, 0.15) is 17.7 Å². The molecule has 9 heteroatoms. The van der Waals surface area contributed by atoms with E-state index in [-0.39, 0.29) is 21.9 Å². The molecule has 1 aromatic rings. The van der Waals surface area contributed by atoms with Crippen LogP contribution in [-0.2, 0) is 0 Å². The lowest BCUT2D eigenvalue weighted by Gasteiger charge is -2.38. The average molecular weight is 475 g/mol. The van der Waals surface area contributed by atoms with Gasteiger partial charge in [-0.15, -0.1) is 0 Å². The Hall–Kier alpha value is -3.13. The van der Waals surface area contributed by atoms with Crippen LogP contribution in [0.2, 0.25) is 0 Å². The Morgan fingerprint density at radius 2 is 1.94 bits per heavy atom. The van der Waals surface area contributed by atoms with Crippen LogP contribution < -0.4 is 5.32 Å². The van der Waals surface area contributed by atoms with Crippen molar-refractivity contribution in [1.29, 1.82) is 0 Å². The van der Waals surface area contributed by atoms with Gasteiger partial charge in [0.05, 0.1) is 10.6 Å². The monoisotopic (exact) mass is 474 g/mol. The van der Waals surface area contributed by atoms with E-state index in [0.717, 1.165) is 39.3 Å². The van der Waals surface area contributed by atoms with E-state index >= 15 is 0 Å². The molecule has 0 bridgehead atoms. The van der Waals surface area contributed by atoms with Gasteiger partial charge < -0.3 is 20.2 Å². The van der Waals surface area contributed by atoms with Crippen molar-refractivity contribution in [3.63, 3.8) is 0 Å². The Bertz CT molecular complexity index is 1100. The quantitative estimate of drug-likeness (QED) is 0.578. The van der Waals surface area contributed by atoms with Crippen molar-refractivity contribution in [3.8, 4) is 0 Å². The van der Waals surface area contributed by atoms with Crippen LogP contribution in [0.3, 0.4) is 0 Å². The molecule has 3 aliphatic rings. The molecule has 4 rings (SSSR count). The van der Waals surface area contributed by atoms with E-state index in [1.165, 1.54) is 18.2 Å². The number of likely N-dealkylation sites (tertiary alicyclic amines) is 1. The van der Waals surface area contributed by atoms with Crippen LogP contribution in [0.1, 0.15) is 36.5 Å². The zero-order valence-corrected chi connectivity index (χ0v) is 18.9. The summed E-state index contributed by atoms with van der Waals surface area (Å²) in [5.74, 6) is -3.52. The predicted molar refractivity (Wildman–Crippen MR) is 125 cm³/mol. The molecular formula is C24H25ClF2N4O2. The van der Waals surface area contributed by atoms with Gasteiger partial charge in [-0.25, -0.2) is 18.6 Å². The molecule has 174 valence electrons. The first-order chi connectivity index (χ1) is 15.6. The maximum absolute atomic E-state index is 15.0. The minimum absolute atomic E-state index is 0.0803. The highest BCUT2D eigenvalue weighted by Crippen LogP contribution is 2.36. The van der Waals surface area contributed by atoms with Gasteiger partial charge in [-0.2, -0.15) is 0 Å². The molecule has 1 fully saturated rings. The van der Waals surface area contributed by atoms with Crippen molar-refractivity contribution < 1.29 is 18.7 Å². The van der Waals surface area contributed by atoms with Crippen LogP contribution in [0.5, 0.6) is 0 Å². The second kappa shape index (κ2) is 9.02. The molecule has 0 unspecified atom stereocenters. The summed E-state index contributed by atoms with van der Waals surface area (Å²) in [5.41, 5.74) is 0.689. The average Bonchev–Trinajstić information content (AvgIpc) is 2.77. The van der Waals surface area contributed by atoms with Crippen molar-refractivity contribution >= 4 is 29.1 Å². The molecule has 1 aromatic carbocycles. The van der Waals surface area contributed by atoms with Crippen molar-refractivity contribution in [2.24, 2.45) is 4.99 Å². The maximum Gasteiger partial charge on any atom is 0.337 e. The Balaban J connectivity index is 1.77. The van der Waals surface area contributed by atoms with E-state index in [2.05, 4.69) is 16.8 Å². The third-order valence-electron chi connectivity index (χ3n) is 5.81. The number of para-hydroxylation sites is 1. The molecule has 0 spiro atoms. The van der Waals surface area contributed by atoms with Gasteiger partial charge in [-0.05, 0) is 37.5 Å². The standard InChI is InChI=1S/C24H25ClF2N4O2/c1-15-12-20(30-10-6-3-7-11-30)29-22-18(13-16(25)14-31(15)22)21(24(2,26)27)28-19-9-5-4-8-17(19)23(32)33/h4-5,8-9,12-14,21,28H,1,3,6-7,10-11H2,2H3,(H,32,33)/t21-/m0/s1. The zero-order chi connectivity index (χ0) is 23.8. The first kappa shape index (κ1) is 23.0. The molecule has 1 atom stereocenters. The molecule has 0 amide bonds. The number of hydrogen-bond donors (Lipinski definition) is 2. The van der Waals surface area contributed by atoms with Crippen LogP contribution in [0, 0.1) is 0 Å². The number of nitrogens with one attached hydrogen (secondary N) is 1. The lowest BCUT2D eigenvalue weighted by molar-refractivity contribution is 0.0131. The van der Waals surface area contributed by atoms with Gasteiger partial charge in [0.15, 0.2) is 0 Å². The van der Waals surface area contributed by atoms with E-state index < -0.39 is 17.9 Å². The normalized spacial score (nSPS) is 19.7. The van der Waals surface area contributed by atoms with Crippen LogP contribution in [-0.4, -0.2) is 51.8 Å². The number of rotatable bonds is 6. The smallest absolute Gasteiger partial charge is 0.337 e. The minimum atomic E-state index is -3.27. The number of benzene rings is 1. The van der Waals surface area contributed by atoms with Crippen LogP contribution in [0.4, 0.5) is 14.5 Å². The van der Waals surface area contributed by atoms with Crippen molar-refractivity contribution in [2.45, 2.75) is 38.2 Å². The first-order valence-electron chi connectivity index (χ1n) is 10.7. The number of aliphatic imine (C=N–C) groups is 1. The topological polar surface area (TPSA) is 68.2 Å². The number of carbonyl (C=O) groups is 1. The highest BCUT2D eigenvalue weighted by atomic mass is 35.5. The number of aromatic carboxylic acids is 1. The van der Waals surface area contributed by atoms with E-state index in [9.17, 15) is 18.7 Å². The second-order valence-corrected chi connectivity index (χ2v) is 8.78. The number of piperidine rings is 1. The summed E-state index contributed by atoms with van der Waals surface area (Å²) in [5, 5.41) is 12.5. The maximum atomic E-state index is 15.0. The number of amidine groups is 1. The van der Waals surface area contributed by atoms with E-state index in [0.29, 0.717) is 17.4 Å². The number of nitrogens with zero attached hydrogens (tertiary/aromatic N) is 3. The van der Waals surface area contributed by atoms with Crippen LogP contribution in [0.15, 0.2) is 76.3 Å². The van der Waals surface area contributed by atoms with Gasteiger partial charge in [0.25, 0.3) is 5.92 Å². The lowest BCUT2D eigenvalue weighted by atomic mass is 9.95. The summed E-state index contributed by atoms with van der Waals surface area (Å²) in [6.07, 6.45) is 8.08. The molecule has 2 N–H and O–H groups in total. The minimum Gasteiger partial charge on any atom is -0.478 e. The molecular weight excluding hydrogens is 450 g/mol. The Labute approximate surface area is 196 Å². The van der Waals surface area contributed by atoms with E-state index in [1.54, 1.807) is 23.2 Å². The zero-order valence-electron chi connectivity index (χ0n) is 18.2. The first-order valence-corrected chi connectivity index (χ1v) is 11.1. The molecule has 33 heavy (non-hydrogen) atoms. The fourth-order valence-corrected chi connectivity index (χ4v) is 4.41. The van der Waals surface area contributed by atoms with E-state index in [1.807, 2.05) is 6.08 Å². The molecule has 6 nitrogen and oxygen atoms in total. The number of carboxylic acids is 1. The molecule has 0 radical (unpaired) electrons. The summed E-state index contributed by atoms with van der Waals surface area (Å²) < 4.78 is 30.0. The summed E-state index contributed by atoms with van der Waals surface area (Å²) in [6, 6.07) is 4.36. The molecule has 3 heterocycles. The third kappa shape index (κ3) is 4.80. The predicted octanol–water partition coefficient (Wildman–Crippen LogP) is 5.40. The van der Waals surface area contributed by atoms with Crippen LogP contribution in [0.25, 0.3) is 0 Å². The number of carboxylic acid groups (broad SMARTS) is 1. The molecule has 0 aliphatic carbocycles. The Kier molecular flexibility index (Phi) is 6.30. The van der Waals surface area contributed by atoms with Crippen molar-refractivity contribution in [1.82, 2.24) is 9.80 Å². The number of allylic oxidation sites excluding steroid dienone is 3. The van der Waals surface area contributed by atoms with Gasteiger partial charge >= 0.3 is 5.97 Å².